The maximum atomic E-state index is 13.3. The number of hydrogen-bond donors (Lipinski definition) is 1. The SMILES string of the molecule is Cc1cc(Cc2ccc(-n3cccn3)cc2)cc2c1OCN([C@H]1CCCC[C@@H]1O)C2=O. The van der Waals surface area contributed by atoms with E-state index in [1.165, 1.54) is 5.56 Å². The first kappa shape index (κ1) is 19.8. The van der Waals surface area contributed by atoms with Crippen molar-refractivity contribution in [1.29, 1.82) is 0 Å². The van der Waals surface area contributed by atoms with Crippen LogP contribution in [-0.2, 0) is 6.42 Å². The van der Waals surface area contributed by atoms with Gasteiger partial charge in [0.25, 0.3) is 5.91 Å². The Kier molecular flexibility index (Phi) is 5.24. The molecule has 160 valence electrons. The summed E-state index contributed by atoms with van der Waals surface area (Å²) in [6, 6.07) is 14.1. The Balaban J connectivity index is 1.38. The van der Waals surface area contributed by atoms with E-state index in [2.05, 4.69) is 23.3 Å². The highest BCUT2D eigenvalue weighted by Gasteiger charge is 2.36. The highest BCUT2D eigenvalue weighted by molar-refractivity contribution is 5.98. The Labute approximate surface area is 182 Å². The predicted molar refractivity (Wildman–Crippen MR) is 117 cm³/mol. The van der Waals surface area contributed by atoms with Crippen LogP contribution in [0.1, 0.15) is 52.7 Å². The molecule has 2 aliphatic rings. The van der Waals surface area contributed by atoms with Gasteiger partial charge in [0.2, 0.25) is 0 Å². The van der Waals surface area contributed by atoms with Gasteiger partial charge in [-0.15, -0.1) is 0 Å². The van der Waals surface area contributed by atoms with E-state index >= 15 is 0 Å². The van der Waals surface area contributed by atoms with E-state index in [1.54, 1.807) is 11.1 Å². The van der Waals surface area contributed by atoms with Gasteiger partial charge in [-0.05, 0) is 67.1 Å². The number of hydrogen-bond acceptors (Lipinski definition) is 4. The van der Waals surface area contributed by atoms with Crippen LogP contribution >= 0.6 is 0 Å². The first-order valence-corrected chi connectivity index (χ1v) is 10.9. The van der Waals surface area contributed by atoms with Gasteiger partial charge in [-0.2, -0.15) is 5.10 Å². The van der Waals surface area contributed by atoms with Gasteiger partial charge in [0.05, 0.1) is 23.4 Å². The summed E-state index contributed by atoms with van der Waals surface area (Å²) < 4.78 is 7.82. The molecule has 0 unspecified atom stereocenters. The third kappa shape index (κ3) is 3.83. The molecule has 1 aliphatic heterocycles. The number of ether oxygens (including phenoxy) is 1. The summed E-state index contributed by atoms with van der Waals surface area (Å²) in [4.78, 5) is 15.0. The zero-order valence-electron chi connectivity index (χ0n) is 17.7. The summed E-state index contributed by atoms with van der Waals surface area (Å²) in [6.07, 6.45) is 7.56. The number of nitrogens with zero attached hydrogens (tertiary/aromatic N) is 3. The Morgan fingerprint density at radius 3 is 2.68 bits per heavy atom. The molecule has 0 spiro atoms. The van der Waals surface area contributed by atoms with Gasteiger partial charge in [0.1, 0.15) is 5.75 Å². The number of carbonyl (C=O) groups excluding carboxylic acids is 1. The Morgan fingerprint density at radius 1 is 1.13 bits per heavy atom. The molecule has 3 aromatic rings. The summed E-state index contributed by atoms with van der Waals surface area (Å²) in [7, 11) is 0. The van der Waals surface area contributed by atoms with Crippen molar-refractivity contribution < 1.29 is 14.6 Å². The normalized spacial score (nSPS) is 21.0. The standard InChI is InChI=1S/C25H27N3O3/c1-17-13-19(14-18-7-9-20(10-8-18)28-12-4-11-26-28)15-21-24(17)31-16-27(25(21)30)22-5-2-3-6-23(22)29/h4,7-13,15,22-23,29H,2-3,5-6,14,16H2,1H3/t22-,23-/m0/s1. The molecule has 6 heteroatoms. The summed E-state index contributed by atoms with van der Waals surface area (Å²) in [5, 5.41) is 14.7. The molecule has 6 nitrogen and oxygen atoms in total. The molecule has 2 heterocycles. The van der Waals surface area contributed by atoms with Crippen LogP contribution in [0.5, 0.6) is 5.75 Å². The highest BCUT2D eigenvalue weighted by Crippen LogP contribution is 2.34. The fraction of sp³-hybridized carbons (Fsp3) is 0.360. The van der Waals surface area contributed by atoms with Crippen LogP contribution in [-0.4, -0.2) is 44.6 Å². The molecule has 1 aliphatic carbocycles. The number of amides is 1. The molecule has 0 bridgehead atoms. The minimum atomic E-state index is -0.472. The monoisotopic (exact) mass is 417 g/mol. The lowest BCUT2D eigenvalue weighted by Crippen LogP contribution is -2.51. The number of aryl methyl sites for hydroxylation is 1. The van der Waals surface area contributed by atoms with Crippen molar-refractivity contribution >= 4 is 5.91 Å². The second-order valence-electron chi connectivity index (χ2n) is 8.55. The lowest BCUT2D eigenvalue weighted by Gasteiger charge is -2.40. The zero-order chi connectivity index (χ0) is 21.4. The van der Waals surface area contributed by atoms with Gasteiger partial charge >= 0.3 is 0 Å². The summed E-state index contributed by atoms with van der Waals surface area (Å²) in [6.45, 7) is 2.20. The van der Waals surface area contributed by atoms with Crippen molar-refractivity contribution in [3.8, 4) is 11.4 Å². The number of rotatable bonds is 4. The van der Waals surface area contributed by atoms with Crippen molar-refractivity contribution in [2.24, 2.45) is 0 Å². The van der Waals surface area contributed by atoms with E-state index in [9.17, 15) is 9.90 Å². The van der Waals surface area contributed by atoms with Gasteiger partial charge in [0, 0.05) is 12.4 Å². The van der Waals surface area contributed by atoms with Crippen molar-refractivity contribution in [1.82, 2.24) is 14.7 Å². The summed E-state index contributed by atoms with van der Waals surface area (Å²) in [5.74, 6) is 0.635. The van der Waals surface area contributed by atoms with E-state index in [-0.39, 0.29) is 18.7 Å². The van der Waals surface area contributed by atoms with Gasteiger partial charge in [-0.3, -0.25) is 9.69 Å². The van der Waals surface area contributed by atoms with Crippen LogP contribution in [0.15, 0.2) is 54.9 Å². The van der Waals surface area contributed by atoms with Gasteiger partial charge in [0.15, 0.2) is 6.73 Å². The fourth-order valence-electron chi connectivity index (χ4n) is 4.77. The number of carbonyl (C=O) groups is 1. The van der Waals surface area contributed by atoms with Crippen molar-refractivity contribution in [2.45, 2.75) is 51.2 Å². The topological polar surface area (TPSA) is 67.6 Å². The fourth-order valence-corrected chi connectivity index (χ4v) is 4.77. The molecule has 1 amide bonds. The van der Waals surface area contributed by atoms with Crippen LogP contribution in [0.4, 0.5) is 0 Å². The van der Waals surface area contributed by atoms with Gasteiger partial charge < -0.3 is 9.84 Å². The number of aliphatic hydroxyl groups is 1. The molecular formula is C25H27N3O3. The van der Waals surface area contributed by atoms with E-state index in [4.69, 9.17) is 4.74 Å². The Morgan fingerprint density at radius 2 is 1.94 bits per heavy atom. The second-order valence-corrected chi connectivity index (χ2v) is 8.55. The lowest BCUT2D eigenvalue weighted by molar-refractivity contribution is -0.0126. The van der Waals surface area contributed by atoms with Gasteiger partial charge in [-0.25, -0.2) is 4.68 Å². The van der Waals surface area contributed by atoms with Crippen LogP contribution in [0.25, 0.3) is 5.69 Å². The first-order valence-electron chi connectivity index (χ1n) is 10.9. The highest BCUT2D eigenvalue weighted by atomic mass is 16.5. The first-order chi connectivity index (χ1) is 15.1. The van der Waals surface area contributed by atoms with Crippen molar-refractivity contribution in [3.05, 3.63) is 77.1 Å². The van der Waals surface area contributed by atoms with Crippen molar-refractivity contribution in [3.63, 3.8) is 0 Å². The quantitative estimate of drug-likeness (QED) is 0.700. The average Bonchev–Trinajstić information content (AvgIpc) is 3.31. The summed E-state index contributed by atoms with van der Waals surface area (Å²) >= 11 is 0. The van der Waals surface area contributed by atoms with Crippen LogP contribution < -0.4 is 4.74 Å². The molecular weight excluding hydrogens is 390 g/mol. The largest absolute Gasteiger partial charge is 0.472 e. The van der Waals surface area contributed by atoms with Crippen LogP contribution in [0, 0.1) is 6.92 Å². The minimum absolute atomic E-state index is 0.0359. The molecule has 0 saturated heterocycles. The lowest BCUT2D eigenvalue weighted by atomic mass is 9.90. The molecule has 1 N–H and O–H groups in total. The third-order valence-electron chi connectivity index (χ3n) is 6.38. The molecule has 5 rings (SSSR count). The van der Waals surface area contributed by atoms with Gasteiger partial charge in [-0.1, -0.05) is 31.0 Å². The van der Waals surface area contributed by atoms with E-state index in [0.29, 0.717) is 11.3 Å². The van der Waals surface area contributed by atoms with Crippen LogP contribution in [0.3, 0.4) is 0 Å². The average molecular weight is 418 g/mol. The van der Waals surface area contributed by atoms with Crippen molar-refractivity contribution in [2.75, 3.05) is 6.73 Å². The molecule has 1 fully saturated rings. The third-order valence-corrected chi connectivity index (χ3v) is 6.38. The zero-order valence-corrected chi connectivity index (χ0v) is 17.7. The maximum Gasteiger partial charge on any atom is 0.260 e. The molecule has 1 saturated carbocycles. The number of fused-ring (bicyclic) bond motifs is 1. The Hall–Kier alpha value is -3.12. The second kappa shape index (κ2) is 8.19. The van der Waals surface area contributed by atoms with Crippen LogP contribution in [0.2, 0.25) is 0 Å². The van der Waals surface area contributed by atoms with E-state index < -0.39 is 6.10 Å². The number of aromatic nitrogens is 2. The molecule has 2 atom stereocenters. The van der Waals surface area contributed by atoms with E-state index in [1.807, 2.05) is 42.1 Å². The molecule has 31 heavy (non-hydrogen) atoms. The minimum Gasteiger partial charge on any atom is -0.472 e. The predicted octanol–water partition coefficient (Wildman–Crippen LogP) is 3.87. The molecule has 1 aromatic heterocycles. The number of benzene rings is 2. The maximum absolute atomic E-state index is 13.3. The molecule has 0 radical (unpaired) electrons. The Bertz CT molecular complexity index is 1080. The smallest absolute Gasteiger partial charge is 0.260 e. The summed E-state index contributed by atoms with van der Waals surface area (Å²) in [5.41, 5.74) is 4.83. The van der Waals surface area contributed by atoms with E-state index in [0.717, 1.165) is 48.9 Å². The number of aliphatic hydroxyl groups excluding tert-OH is 1. The molecule has 2 aromatic carbocycles.